The van der Waals surface area contributed by atoms with Gasteiger partial charge in [-0.25, -0.2) is 0 Å². The van der Waals surface area contributed by atoms with Crippen molar-refractivity contribution < 1.29 is 4.79 Å². The van der Waals surface area contributed by atoms with E-state index in [4.69, 9.17) is 0 Å². The number of nitrogens with zero attached hydrogens (tertiary/aromatic N) is 1. The van der Waals surface area contributed by atoms with E-state index in [9.17, 15) is 4.79 Å². The number of nitrogens with one attached hydrogen (secondary N) is 1. The van der Waals surface area contributed by atoms with Gasteiger partial charge in [0.1, 0.15) is 0 Å². The summed E-state index contributed by atoms with van der Waals surface area (Å²) in [6.07, 6.45) is 5.76. The third-order valence-electron chi connectivity index (χ3n) is 4.75. The summed E-state index contributed by atoms with van der Waals surface area (Å²) in [5.74, 6) is 1.03. The Morgan fingerprint density at radius 1 is 1.45 bits per heavy atom. The molecule has 2 unspecified atom stereocenters. The molecule has 4 heteroatoms. The van der Waals surface area contributed by atoms with Crippen LogP contribution in [0.3, 0.4) is 0 Å². The van der Waals surface area contributed by atoms with Crippen molar-refractivity contribution in [3.8, 4) is 0 Å². The lowest BCUT2D eigenvalue weighted by atomic mass is 9.88. The van der Waals surface area contributed by atoms with Crippen LogP contribution in [0.2, 0.25) is 0 Å². The molecule has 1 amide bonds. The highest BCUT2D eigenvalue weighted by Gasteiger charge is 2.28. The maximum atomic E-state index is 12.8. The van der Waals surface area contributed by atoms with Crippen molar-refractivity contribution >= 4 is 17.2 Å². The number of carbonyl (C=O) groups excluding carboxylic acids is 1. The zero-order chi connectivity index (χ0) is 14.1. The molecule has 2 heterocycles. The first-order chi connectivity index (χ1) is 9.69. The summed E-state index contributed by atoms with van der Waals surface area (Å²) in [7, 11) is 1.99. The molecule has 1 saturated heterocycles. The molecule has 1 N–H and O–H groups in total. The molecule has 1 fully saturated rings. The fourth-order valence-corrected chi connectivity index (χ4v) is 4.66. The molecule has 0 radical (unpaired) electrons. The lowest BCUT2D eigenvalue weighted by Crippen LogP contribution is -2.47. The Balaban J connectivity index is 1.77. The highest BCUT2D eigenvalue weighted by Crippen LogP contribution is 2.33. The minimum absolute atomic E-state index is 0.261. The Kier molecular flexibility index (Phi) is 4.13. The second-order valence-corrected chi connectivity index (χ2v) is 7.24. The van der Waals surface area contributed by atoms with Gasteiger partial charge in [-0.15, -0.1) is 11.3 Å². The standard InChI is InChI=1S/C16H24N2OS/c1-11-5-6-13-14(10-20-15(13)8-11)16(19)18-7-3-4-12(9-18)17-2/h10-12,17H,3-9H2,1-2H3. The number of thiophene rings is 1. The second-order valence-electron chi connectivity index (χ2n) is 6.28. The zero-order valence-corrected chi connectivity index (χ0v) is 13.3. The van der Waals surface area contributed by atoms with Crippen molar-refractivity contribution in [2.24, 2.45) is 5.92 Å². The predicted molar refractivity (Wildman–Crippen MR) is 83.5 cm³/mol. The first-order valence-electron chi connectivity index (χ1n) is 7.74. The average molecular weight is 292 g/mol. The van der Waals surface area contributed by atoms with Gasteiger partial charge < -0.3 is 10.2 Å². The maximum absolute atomic E-state index is 12.8. The zero-order valence-electron chi connectivity index (χ0n) is 12.4. The molecule has 0 aromatic carbocycles. The summed E-state index contributed by atoms with van der Waals surface area (Å²) in [4.78, 5) is 16.3. The molecular weight excluding hydrogens is 268 g/mol. The minimum Gasteiger partial charge on any atom is -0.337 e. The Hall–Kier alpha value is -0.870. The van der Waals surface area contributed by atoms with Gasteiger partial charge in [-0.05, 0) is 50.6 Å². The van der Waals surface area contributed by atoms with E-state index in [1.165, 1.54) is 23.3 Å². The van der Waals surface area contributed by atoms with Gasteiger partial charge >= 0.3 is 0 Å². The summed E-state index contributed by atoms with van der Waals surface area (Å²) < 4.78 is 0. The Morgan fingerprint density at radius 2 is 2.30 bits per heavy atom. The van der Waals surface area contributed by atoms with Crippen LogP contribution in [0.4, 0.5) is 0 Å². The summed E-state index contributed by atoms with van der Waals surface area (Å²) >= 11 is 1.79. The van der Waals surface area contributed by atoms with Crippen LogP contribution in [0.5, 0.6) is 0 Å². The molecule has 3 rings (SSSR count). The van der Waals surface area contributed by atoms with Gasteiger partial charge in [0.15, 0.2) is 0 Å². The predicted octanol–water partition coefficient (Wildman–Crippen LogP) is 2.70. The van der Waals surface area contributed by atoms with Gasteiger partial charge in [-0.2, -0.15) is 0 Å². The highest BCUT2D eigenvalue weighted by atomic mass is 32.1. The van der Waals surface area contributed by atoms with Crippen LogP contribution >= 0.6 is 11.3 Å². The Morgan fingerprint density at radius 3 is 3.10 bits per heavy atom. The lowest BCUT2D eigenvalue weighted by molar-refractivity contribution is 0.0697. The second kappa shape index (κ2) is 5.86. The molecule has 110 valence electrons. The molecule has 1 aliphatic heterocycles. The number of amides is 1. The lowest BCUT2D eigenvalue weighted by Gasteiger charge is -2.33. The van der Waals surface area contributed by atoms with E-state index < -0.39 is 0 Å². The van der Waals surface area contributed by atoms with Gasteiger partial charge in [0.05, 0.1) is 5.56 Å². The molecule has 1 aromatic rings. The smallest absolute Gasteiger partial charge is 0.255 e. The Labute approximate surface area is 125 Å². The van der Waals surface area contributed by atoms with E-state index in [-0.39, 0.29) is 5.91 Å². The molecule has 3 nitrogen and oxygen atoms in total. The van der Waals surface area contributed by atoms with Gasteiger partial charge in [0.2, 0.25) is 0 Å². The Bertz CT molecular complexity index is 497. The van der Waals surface area contributed by atoms with Crippen LogP contribution in [-0.4, -0.2) is 37.0 Å². The summed E-state index contributed by atoms with van der Waals surface area (Å²) in [6.45, 7) is 4.08. The quantitative estimate of drug-likeness (QED) is 0.909. The number of piperidine rings is 1. The third kappa shape index (κ3) is 2.63. The molecule has 0 saturated carbocycles. The largest absolute Gasteiger partial charge is 0.337 e. The van der Waals surface area contributed by atoms with Crippen molar-refractivity contribution in [3.05, 3.63) is 21.4 Å². The molecular formula is C16H24N2OS. The van der Waals surface area contributed by atoms with Crippen molar-refractivity contribution in [2.45, 2.75) is 45.1 Å². The van der Waals surface area contributed by atoms with E-state index in [1.54, 1.807) is 11.3 Å². The first kappa shape index (κ1) is 14.1. The van der Waals surface area contributed by atoms with Crippen LogP contribution < -0.4 is 5.32 Å². The van der Waals surface area contributed by atoms with E-state index in [1.807, 2.05) is 11.9 Å². The van der Waals surface area contributed by atoms with Gasteiger partial charge in [0, 0.05) is 29.4 Å². The number of likely N-dealkylation sites (tertiary alicyclic amines) is 1. The first-order valence-corrected chi connectivity index (χ1v) is 8.62. The SMILES string of the molecule is CNC1CCCN(C(=O)c2csc3c2CCC(C)C3)C1. The van der Waals surface area contributed by atoms with Gasteiger partial charge in [-0.3, -0.25) is 4.79 Å². The average Bonchev–Trinajstić information content (AvgIpc) is 2.89. The molecule has 20 heavy (non-hydrogen) atoms. The van der Waals surface area contributed by atoms with E-state index >= 15 is 0 Å². The number of fused-ring (bicyclic) bond motifs is 1. The van der Waals surface area contributed by atoms with Gasteiger partial charge in [-0.1, -0.05) is 6.92 Å². The fourth-order valence-electron chi connectivity index (χ4n) is 3.42. The fraction of sp³-hybridized carbons (Fsp3) is 0.688. The van der Waals surface area contributed by atoms with E-state index in [0.29, 0.717) is 6.04 Å². The monoisotopic (exact) mass is 292 g/mol. The summed E-state index contributed by atoms with van der Waals surface area (Å²) in [5.41, 5.74) is 2.35. The van der Waals surface area contributed by atoms with Crippen LogP contribution in [-0.2, 0) is 12.8 Å². The molecule has 1 aromatic heterocycles. The number of carbonyl (C=O) groups is 1. The number of hydrogen-bond donors (Lipinski definition) is 1. The summed E-state index contributed by atoms with van der Waals surface area (Å²) in [6, 6.07) is 0.460. The normalized spacial score (nSPS) is 26.4. The maximum Gasteiger partial charge on any atom is 0.255 e. The van der Waals surface area contributed by atoms with Crippen molar-refractivity contribution in [1.29, 1.82) is 0 Å². The van der Waals surface area contributed by atoms with Crippen LogP contribution in [0.15, 0.2) is 5.38 Å². The summed E-state index contributed by atoms with van der Waals surface area (Å²) in [5, 5.41) is 5.42. The molecule has 0 spiro atoms. The third-order valence-corrected chi connectivity index (χ3v) is 5.80. The van der Waals surface area contributed by atoms with Crippen molar-refractivity contribution in [1.82, 2.24) is 10.2 Å². The van der Waals surface area contributed by atoms with Gasteiger partial charge in [0.25, 0.3) is 5.91 Å². The highest BCUT2D eigenvalue weighted by molar-refractivity contribution is 7.10. The van der Waals surface area contributed by atoms with Crippen LogP contribution in [0.1, 0.15) is 47.0 Å². The molecule has 0 bridgehead atoms. The topological polar surface area (TPSA) is 32.3 Å². The minimum atomic E-state index is 0.261. The van der Waals surface area contributed by atoms with E-state index in [0.717, 1.165) is 43.8 Å². The van der Waals surface area contributed by atoms with Crippen molar-refractivity contribution in [3.63, 3.8) is 0 Å². The van der Waals surface area contributed by atoms with Crippen LogP contribution in [0, 0.1) is 5.92 Å². The van der Waals surface area contributed by atoms with Crippen LogP contribution in [0.25, 0.3) is 0 Å². The number of rotatable bonds is 2. The number of hydrogen-bond acceptors (Lipinski definition) is 3. The molecule has 2 aliphatic rings. The van der Waals surface area contributed by atoms with E-state index in [2.05, 4.69) is 17.6 Å². The number of likely N-dealkylation sites (N-methyl/N-ethyl adjacent to an activating group) is 1. The molecule has 1 aliphatic carbocycles. The van der Waals surface area contributed by atoms with Crippen molar-refractivity contribution in [2.75, 3.05) is 20.1 Å². The molecule has 2 atom stereocenters.